The van der Waals surface area contributed by atoms with E-state index in [2.05, 4.69) is 15.6 Å². The molecule has 0 fully saturated rings. The van der Waals surface area contributed by atoms with Crippen molar-refractivity contribution in [3.8, 4) is 17.2 Å². The number of thiocarbonyl (C=S) groups is 1. The molecule has 0 radical (unpaired) electrons. The van der Waals surface area contributed by atoms with Crippen LogP contribution in [-0.4, -0.2) is 37.3 Å². The van der Waals surface area contributed by atoms with Crippen molar-refractivity contribution in [2.75, 3.05) is 26.6 Å². The number of ether oxygens (including phenoxy) is 3. The number of amides is 1. The molecule has 1 aromatic heterocycles. The van der Waals surface area contributed by atoms with Crippen LogP contribution in [0.2, 0.25) is 0 Å². The first kappa shape index (κ1) is 19.8. The first-order chi connectivity index (χ1) is 13.4. The van der Waals surface area contributed by atoms with Gasteiger partial charge in [-0.05, 0) is 42.5 Å². The first-order valence-corrected chi connectivity index (χ1v) is 9.16. The third-order valence-electron chi connectivity index (χ3n) is 3.72. The van der Waals surface area contributed by atoms with Gasteiger partial charge in [-0.2, -0.15) is 0 Å². The second-order valence-corrected chi connectivity index (χ2v) is 6.89. The Morgan fingerprint density at radius 3 is 2.39 bits per heavy atom. The number of anilines is 1. The third kappa shape index (κ3) is 4.12. The standard InChI is InChI=1S/C18H16FN3O4S2/c1-24-12-6-9(7-13(25-2)15(12)26-3)16(23)21-17(27)22-18-20-11-5-4-10(19)8-14(11)28-18/h4-8H,1-3H3,(H2,20,21,22,23,27). The molecule has 0 spiro atoms. The molecule has 0 aliphatic carbocycles. The van der Waals surface area contributed by atoms with Gasteiger partial charge in [-0.3, -0.25) is 10.1 Å². The molecule has 7 nitrogen and oxygen atoms in total. The number of rotatable bonds is 5. The maximum Gasteiger partial charge on any atom is 0.257 e. The normalized spacial score (nSPS) is 10.4. The van der Waals surface area contributed by atoms with Crippen LogP contribution in [-0.2, 0) is 0 Å². The highest BCUT2D eigenvalue weighted by Crippen LogP contribution is 2.38. The lowest BCUT2D eigenvalue weighted by atomic mass is 10.1. The fourth-order valence-electron chi connectivity index (χ4n) is 2.47. The molecule has 0 aliphatic rings. The van der Waals surface area contributed by atoms with E-state index in [0.717, 1.165) is 0 Å². The number of fused-ring (bicyclic) bond motifs is 1. The number of carbonyl (C=O) groups is 1. The Hall–Kier alpha value is -2.98. The summed E-state index contributed by atoms with van der Waals surface area (Å²) in [5.74, 6) is 0.256. The predicted octanol–water partition coefficient (Wildman–Crippen LogP) is 3.59. The lowest BCUT2D eigenvalue weighted by molar-refractivity contribution is 0.0977. The van der Waals surface area contributed by atoms with Gasteiger partial charge in [0.25, 0.3) is 5.91 Å². The monoisotopic (exact) mass is 421 g/mol. The molecular weight excluding hydrogens is 405 g/mol. The molecule has 28 heavy (non-hydrogen) atoms. The number of carbonyl (C=O) groups excluding carboxylic acids is 1. The second-order valence-electron chi connectivity index (χ2n) is 5.45. The van der Waals surface area contributed by atoms with E-state index in [1.54, 1.807) is 6.07 Å². The van der Waals surface area contributed by atoms with Crippen molar-refractivity contribution < 1.29 is 23.4 Å². The summed E-state index contributed by atoms with van der Waals surface area (Å²) in [4.78, 5) is 16.8. The van der Waals surface area contributed by atoms with E-state index < -0.39 is 5.91 Å². The van der Waals surface area contributed by atoms with Gasteiger partial charge in [0.15, 0.2) is 21.7 Å². The highest BCUT2D eigenvalue weighted by atomic mass is 32.1. The zero-order chi connectivity index (χ0) is 20.3. The molecule has 0 atom stereocenters. The van der Waals surface area contributed by atoms with Gasteiger partial charge < -0.3 is 19.5 Å². The molecule has 0 unspecified atom stereocenters. The van der Waals surface area contributed by atoms with Crippen LogP contribution in [0.1, 0.15) is 10.4 Å². The van der Waals surface area contributed by atoms with Gasteiger partial charge >= 0.3 is 0 Å². The quantitative estimate of drug-likeness (QED) is 0.610. The summed E-state index contributed by atoms with van der Waals surface area (Å²) in [6.45, 7) is 0. The van der Waals surface area contributed by atoms with E-state index >= 15 is 0 Å². The van der Waals surface area contributed by atoms with Crippen LogP contribution in [0.4, 0.5) is 9.52 Å². The van der Waals surface area contributed by atoms with Crippen molar-refractivity contribution in [1.82, 2.24) is 10.3 Å². The number of hydrogen-bond donors (Lipinski definition) is 2. The lowest BCUT2D eigenvalue weighted by Crippen LogP contribution is -2.34. The summed E-state index contributed by atoms with van der Waals surface area (Å²) in [6, 6.07) is 7.31. The highest BCUT2D eigenvalue weighted by molar-refractivity contribution is 7.80. The summed E-state index contributed by atoms with van der Waals surface area (Å²) < 4.78 is 29.7. The van der Waals surface area contributed by atoms with Crippen molar-refractivity contribution in [1.29, 1.82) is 0 Å². The number of halogens is 1. The molecule has 2 N–H and O–H groups in total. The Morgan fingerprint density at radius 1 is 1.11 bits per heavy atom. The molecule has 0 saturated carbocycles. The maximum absolute atomic E-state index is 13.3. The maximum atomic E-state index is 13.3. The van der Waals surface area contributed by atoms with Crippen LogP contribution in [0.3, 0.4) is 0 Å². The van der Waals surface area contributed by atoms with Crippen LogP contribution in [0.5, 0.6) is 17.2 Å². The number of aromatic nitrogens is 1. The van der Waals surface area contributed by atoms with Crippen LogP contribution in [0, 0.1) is 5.82 Å². The Balaban J connectivity index is 1.75. The largest absolute Gasteiger partial charge is 0.493 e. The summed E-state index contributed by atoms with van der Waals surface area (Å²) in [5.41, 5.74) is 0.901. The van der Waals surface area contributed by atoms with Gasteiger partial charge in [0.05, 0.1) is 31.5 Å². The minimum atomic E-state index is -0.469. The molecule has 146 valence electrons. The molecular formula is C18H16FN3O4S2. The fraction of sp³-hybridized carbons (Fsp3) is 0.167. The van der Waals surface area contributed by atoms with E-state index in [9.17, 15) is 9.18 Å². The smallest absolute Gasteiger partial charge is 0.257 e. The van der Waals surface area contributed by atoms with Gasteiger partial charge in [-0.15, -0.1) is 0 Å². The highest BCUT2D eigenvalue weighted by Gasteiger charge is 2.18. The van der Waals surface area contributed by atoms with Crippen LogP contribution in [0.25, 0.3) is 10.2 Å². The third-order valence-corrected chi connectivity index (χ3v) is 4.86. The van der Waals surface area contributed by atoms with Crippen molar-refractivity contribution in [2.24, 2.45) is 0 Å². The molecule has 1 heterocycles. The number of benzene rings is 2. The van der Waals surface area contributed by atoms with Crippen molar-refractivity contribution in [2.45, 2.75) is 0 Å². The summed E-state index contributed by atoms with van der Waals surface area (Å²) in [5, 5.41) is 5.89. The first-order valence-electron chi connectivity index (χ1n) is 7.93. The Morgan fingerprint density at radius 2 is 1.79 bits per heavy atom. The molecule has 3 rings (SSSR count). The van der Waals surface area contributed by atoms with E-state index in [4.69, 9.17) is 26.4 Å². The minimum absolute atomic E-state index is 0.0540. The van der Waals surface area contributed by atoms with E-state index in [1.165, 1.54) is 56.9 Å². The van der Waals surface area contributed by atoms with Crippen LogP contribution in [0.15, 0.2) is 30.3 Å². The zero-order valence-electron chi connectivity index (χ0n) is 15.2. The average Bonchev–Trinajstić information content (AvgIpc) is 3.07. The number of nitrogens with zero attached hydrogens (tertiary/aromatic N) is 1. The van der Waals surface area contributed by atoms with Gasteiger partial charge in [-0.1, -0.05) is 11.3 Å². The number of nitrogens with one attached hydrogen (secondary N) is 2. The summed E-state index contributed by atoms with van der Waals surface area (Å²) in [6.07, 6.45) is 0. The SMILES string of the molecule is COc1cc(C(=O)NC(=S)Nc2nc3ccc(F)cc3s2)cc(OC)c1OC. The minimum Gasteiger partial charge on any atom is -0.493 e. The van der Waals surface area contributed by atoms with Crippen molar-refractivity contribution in [3.63, 3.8) is 0 Å². The molecule has 2 aromatic carbocycles. The topological polar surface area (TPSA) is 81.7 Å². The van der Waals surface area contributed by atoms with Crippen molar-refractivity contribution >= 4 is 49.9 Å². The lowest BCUT2D eigenvalue weighted by Gasteiger charge is -2.14. The predicted molar refractivity (Wildman–Crippen MR) is 109 cm³/mol. The molecule has 10 heteroatoms. The van der Waals surface area contributed by atoms with Crippen LogP contribution < -0.4 is 24.8 Å². The average molecular weight is 421 g/mol. The van der Waals surface area contributed by atoms with E-state index in [-0.39, 0.29) is 16.5 Å². The van der Waals surface area contributed by atoms with E-state index in [0.29, 0.717) is 32.6 Å². The van der Waals surface area contributed by atoms with Gasteiger partial charge in [0.1, 0.15) is 5.82 Å². The molecule has 3 aromatic rings. The molecule has 0 bridgehead atoms. The van der Waals surface area contributed by atoms with Gasteiger partial charge in [-0.25, -0.2) is 9.37 Å². The number of thiazole rings is 1. The number of methoxy groups -OCH3 is 3. The van der Waals surface area contributed by atoms with E-state index in [1.807, 2.05) is 0 Å². The molecule has 0 aliphatic heterocycles. The molecule has 0 saturated heterocycles. The van der Waals surface area contributed by atoms with Gasteiger partial charge in [0, 0.05) is 5.56 Å². The summed E-state index contributed by atoms with van der Waals surface area (Å²) >= 11 is 6.40. The van der Waals surface area contributed by atoms with Crippen molar-refractivity contribution in [3.05, 3.63) is 41.7 Å². The Labute approximate surface area is 169 Å². The second kappa shape index (κ2) is 8.36. The van der Waals surface area contributed by atoms with Gasteiger partial charge in [0.2, 0.25) is 5.75 Å². The Bertz CT molecular complexity index is 1030. The Kier molecular flexibility index (Phi) is 5.90. The van der Waals surface area contributed by atoms with Crippen LogP contribution >= 0.6 is 23.6 Å². The molecule has 1 amide bonds. The fourth-order valence-corrected chi connectivity index (χ4v) is 3.62. The summed E-state index contributed by atoms with van der Waals surface area (Å²) in [7, 11) is 4.39. The number of hydrogen-bond acceptors (Lipinski definition) is 7. The zero-order valence-corrected chi connectivity index (χ0v) is 16.8.